The lowest BCUT2D eigenvalue weighted by molar-refractivity contribution is -0.111. The van der Waals surface area contributed by atoms with Crippen LogP contribution >= 0.6 is 11.6 Å². The maximum absolute atomic E-state index is 12.1. The van der Waals surface area contributed by atoms with Crippen LogP contribution in [0.3, 0.4) is 0 Å². The number of nitrogens with one attached hydrogen (secondary N) is 1. The molecule has 24 heavy (non-hydrogen) atoms. The lowest BCUT2D eigenvalue weighted by Crippen LogP contribution is -2.09. The molecule has 0 aliphatic carbocycles. The SMILES string of the molecule is N#Cc1ccc(Cl)cc1NC(=O)C=Cc1ccc(OC(F)F)cc1. The maximum Gasteiger partial charge on any atom is 0.387 e. The molecule has 0 unspecified atom stereocenters. The number of rotatable bonds is 5. The summed E-state index contributed by atoms with van der Waals surface area (Å²) in [6.45, 7) is -2.89. The molecule has 2 aromatic carbocycles. The molecular formula is C17H11ClF2N2O2. The number of nitriles is 1. The van der Waals surface area contributed by atoms with Gasteiger partial charge < -0.3 is 10.1 Å². The predicted octanol–water partition coefficient (Wildman–Crippen LogP) is 4.46. The fourth-order valence-corrected chi connectivity index (χ4v) is 2.00. The third-order valence-electron chi connectivity index (χ3n) is 2.89. The summed E-state index contributed by atoms with van der Waals surface area (Å²) in [5.41, 5.74) is 1.22. The lowest BCUT2D eigenvalue weighted by atomic mass is 10.2. The molecule has 0 aromatic heterocycles. The maximum atomic E-state index is 12.1. The molecule has 122 valence electrons. The van der Waals surface area contributed by atoms with Crippen molar-refractivity contribution < 1.29 is 18.3 Å². The second-order valence-corrected chi connectivity index (χ2v) is 5.01. The van der Waals surface area contributed by atoms with E-state index in [1.165, 1.54) is 48.6 Å². The van der Waals surface area contributed by atoms with Gasteiger partial charge in [0.2, 0.25) is 5.91 Å². The van der Waals surface area contributed by atoms with Crippen LogP contribution in [0.4, 0.5) is 14.5 Å². The monoisotopic (exact) mass is 348 g/mol. The standard InChI is InChI=1S/C17H11ClF2N2O2/c18-13-5-4-12(10-21)15(9-13)22-16(23)8-3-11-1-6-14(7-2-11)24-17(19)20/h1-9,17H,(H,22,23). The summed E-state index contributed by atoms with van der Waals surface area (Å²) < 4.78 is 28.3. The zero-order valence-electron chi connectivity index (χ0n) is 12.2. The van der Waals surface area contributed by atoms with Gasteiger partial charge >= 0.3 is 6.61 Å². The first kappa shape index (κ1) is 17.4. The predicted molar refractivity (Wildman–Crippen MR) is 86.9 cm³/mol. The first-order chi connectivity index (χ1) is 11.5. The van der Waals surface area contributed by atoms with Gasteiger partial charge in [-0.25, -0.2) is 0 Å². The average Bonchev–Trinajstić information content (AvgIpc) is 2.54. The first-order valence-corrected chi connectivity index (χ1v) is 7.09. The minimum absolute atomic E-state index is 0.0317. The largest absolute Gasteiger partial charge is 0.435 e. The summed E-state index contributed by atoms with van der Waals surface area (Å²) in [4.78, 5) is 11.9. The zero-order valence-corrected chi connectivity index (χ0v) is 12.9. The number of amides is 1. The van der Waals surface area contributed by atoms with Gasteiger partial charge in [-0.2, -0.15) is 14.0 Å². The molecule has 0 fully saturated rings. The van der Waals surface area contributed by atoms with Crippen molar-refractivity contribution >= 4 is 29.3 Å². The van der Waals surface area contributed by atoms with Crippen LogP contribution in [0, 0.1) is 11.3 Å². The molecule has 0 heterocycles. The first-order valence-electron chi connectivity index (χ1n) is 6.71. The number of carbonyl (C=O) groups is 1. The van der Waals surface area contributed by atoms with Gasteiger partial charge in [-0.1, -0.05) is 23.7 Å². The van der Waals surface area contributed by atoms with E-state index in [0.29, 0.717) is 16.3 Å². The molecule has 0 spiro atoms. The van der Waals surface area contributed by atoms with Gasteiger partial charge in [0.15, 0.2) is 0 Å². The molecule has 0 saturated heterocycles. The Labute approximate surface area is 141 Å². The molecule has 7 heteroatoms. The van der Waals surface area contributed by atoms with E-state index in [-0.39, 0.29) is 11.3 Å². The highest BCUT2D eigenvalue weighted by molar-refractivity contribution is 6.31. The molecule has 0 aliphatic heterocycles. The van der Waals surface area contributed by atoms with Crippen molar-refractivity contribution in [1.82, 2.24) is 0 Å². The van der Waals surface area contributed by atoms with Crippen LogP contribution in [-0.4, -0.2) is 12.5 Å². The molecule has 4 nitrogen and oxygen atoms in total. The number of anilines is 1. The van der Waals surface area contributed by atoms with Gasteiger partial charge in [-0.15, -0.1) is 0 Å². The third kappa shape index (κ3) is 5.07. The molecule has 2 rings (SSSR count). The summed E-state index contributed by atoms with van der Waals surface area (Å²) in [5.74, 6) is -0.425. The van der Waals surface area contributed by atoms with Gasteiger partial charge in [0, 0.05) is 11.1 Å². The van der Waals surface area contributed by atoms with Crippen molar-refractivity contribution in [3.8, 4) is 11.8 Å². The normalized spacial score (nSPS) is 10.6. The molecule has 0 atom stereocenters. The van der Waals surface area contributed by atoms with Crippen LogP contribution in [0.2, 0.25) is 5.02 Å². The van der Waals surface area contributed by atoms with E-state index >= 15 is 0 Å². The van der Waals surface area contributed by atoms with Crippen LogP contribution in [0.1, 0.15) is 11.1 Å². The van der Waals surface area contributed by atoms with Crippen LogP contribution in [-0.2, 0) is 4.79 Å². The Morgan fingerprint density at radius 3 is 2.58 bits per heavy atom. The number of ether oxygens (including phenoxy) is 1. The highest BCUT2D eigenvalue weighted by atomic mass is 35.5. The number of alkyl halides is 2. The summed E-state index contributed by atoms with van der Waals surface area (Å²) in [5, 5.41) is 11.9. The highest BCUT2D eigenvalue weighted by Gasteiger charge is 2.06. The highest BCUT2D eigenvalue weighted by Crippen LogP contribution is 2.20. The number of hydrogen-bond donors (Lipinski definition) is 1. The Balaban J connectivity index is 2.03. The fraction of sp³-hybridized carbons (Fsp3) is 0.0588. The van der Waals surface area contributed by atoms with E-state index in [9.17, 15) is 13.6 Å². The molecule has 1 amide bonds. The number of hydrogen-bond acceptors (Lipinski definition) is 3. The van der Waals surface area contributed by atoms with E-state index in [4.69, 9.17) is 16.9 Å². The fourth-order valence-electron chi connectivity index (χ4n) is 1.82. The Kier molecular flexibility index (Phi) is 5.88. The molecule has 0 radical (unpaired) electrons. The summed E-state index contributed by atoms with van der Waals surface area (Å²) in [7, 11) is 0. The number of halogens is 3. The van der Waals surface area contributed by atoms with Crippen molar-refractivity contribution in [2.24, 2.45) is 0 Å². The van der Waals surface area contributed by atoms with E-state index in [0.717, 1.165) is 0 Å². The van der Waals surface area contributed by atoms with Gasteiger partial charge in [-0.3, -0.25) is 4.79 Å². The van der Waals surface area contributed by atoms with Crippen molar-refractivity contribution in [3.63, 3.8) is 0 Å². The van der Waals surface area contributed by atoms with Crippen molar-refractivity contribution in [2.75, 3.05) is 5.32 Å². The van der Waals surface area contributed by atoms with Crippen molar-refractivity contribution in [3.05, 3.63) is 64.7 Å². The van der Waals surface area contributed by atoms with E-state index in [1.807, 2.05) is 6.07 Å². The molecule has 2 aromatic rings. The topological polar surface area (TPSA) is 62.1 Å². The van der Waals surface area contributed by atoms with Crippen LogP contribution < -0.4 is 10.1 Å². The van der Waals surface area contributed by atoms with Crippen molar-refractivity contribution in [2.45, 2.75) is 6.61 Å². The lowest BCUT2D eigenvalue weighted by Gasteiger charge is -2.05. The molecule has 0 saturated carbocycles. The van der Waals surface area contributed by atoms with Gasteiger partial charge in [-0.05, 0) is 42.0 Å². The van der Waals surface area contributed by atoms with Crippen LogP contribution in [0.15, 0.2) is 48.5 Å². The van der Waals surface area contributed by atoms with Gasteiger partial charge in [0.05, 0.1) is 11.3 Å². The van der Waals surface area contributed by atoms with Crippen LogP contribution in [0.25, 0.3) is 6.08 Å². The van der Waals surface area contributed by atoms with Crippen molar-refractivity contribution in [1.29, 1.82) is 5.26 Å². The summed E-state index contributed by atoms with van der Waals surface area (Å²) >= 11 is 5.84. The van der Waals surface area contributed by atoms with Crippen LogP contribution in [0.5, 0.6) is 5.75 Å². The van der Waals surface area contributed by atoms with E-state index in [1.54, 1.807) is 6.07 Å². The quantitative estimate of drug-likeness (QED) is 0.811. The Morgan fingerprint density at radius 2 is 1.96 bits per heavy atom. The molecule has 1 N–H and O–H groups in total. The summed E-state index contributed by atoms with van der Waals surface area (Å²) in [6.07, 6.45) is 2.75. The Bertz CT molecular complexity index is 799. The average molecular weight is 349 g/mol. The minimum Gasteiger partial charge on any atom is -0.435 e. The second-order valence-electron chi connectivity index (χ2n) is 4.57. The Morgan fingerprint density at radius 1 is 1.25 bits per heavy atom. The second kappa shape index (κ2) is 8.09. The molecular weight excluding hydrogens is 338 g/mol. The Hall–Kier alpha value is -2.91. The number of nitrogens with zero attached hydrogens (tertiary/aromatic N) is 1. The smallest absolute Gasteiger partial charge is 0.387 e. The third-order valence-corrected chi connectivity index (χ3v) is 3.13. The minimum atomic E-state index is -2.89. The summed E-state index contributed by atoms with van der Waals surface area (Å²) in [6, 6.07) is 12.3. The number of benzene rings is 2. The molecule has 0 aliphatic rings. The van der Waals surface area contributed by atoms with E-state index in [2.05, 4.69) is 10.1 Å². The van der Waals surface area contributed by atoms with Gasteiger partial charge in [0.1, 0.15) is 11.8 Å². The van der Waals surface area contributed by atoms with E-state index < -0.39 is 12.5 Å². The number of carbonyl (C=O) groups excluding carboxylic acids is 1. The van der Waals surface area contributed by atoms with Gasteiger partial charge in [0.25, 0.3) is 0 Å². The molecule has 0 bridgehead atoms. The zero-order chi connectivity index (χ0) is 17.5.